The Labute approximate surface area is 202 Å². The smallest absolute Gasteiger partial charge is 0.348 e. The van der Waals surface area contributed by atoms with Gasteiger partial charge in [-0.3, -0.25) is 4.79 Å². The fraction of sp³-hybridized carbons (Fsp3) is 0.0500. The first-order valence-corrected chi connectivity index (χ1v) is 12.4. The molecule has 0 saturated carbocycles. The van der Waals surface area contributed by atoms with Crippen molar-refractivity contribution in [3.05, 3.63) is 80.8 Å². The number of carbonyl (C=O) groups is 1. The third-order valence-corrected chi connectivity index (χ3v) is 7.42. The van der Waals surface area contributed by atoms with Crippen molar-refractivity contribution in [2.45, 2.75) is 11.4 Å². The van der Waals surface area contributed by atoms with Crippen LogP contribution in [0.5, 0.6) is 0 Å². The number of aromatic nitrogens is 2. The van der Waals surface area contributed by atoms with Gasteiger partial charge in [-0.1, -0.05) is 46.9 Å². The van der Waals surface area contributed by atoms with E-state index in [1.54, 1.807) is 30.3 Å². The summed E-state index contributed by atoms with van der Waals surface area (Å²) in [5.41, 5.74) is 1.55. The molecule has 12 heteroatoms. The molecule has 164 valence electrons. The normalized spacial score (nSPS) is 13.0. The molecule has 1 heterocycles. The van der Waals surface area contributed by atoms with Crippen molar-refractivity contribution in [2.75, 3.05) is 4.72 Å². The highest BCUT2D eigenvalue weighted by Gasteiger charge is 2.27. The largest absolute Gasteiger partial charge is 0.398 e. The summed E-state index contributed by atoms with van der Waals surface area (Å²) < 4.78 is 34.7. The van der Waals surface area contributed by atoms with E-state index in [1.807, 2.05) is 0 Å². The molecule has 3 N–H and O–H groups in total. The standard InChI is InChI=1S/C20H13Cl3N4O3S2/c21-11-7-8-12(20(28)24-10-13-14(22)3-1-4-15(13)23)17(9-11)27-32(29,30)18-6-2-5-16-19(18)26-31-25-16/h1-9H,10H2,(H,24,28)(H,27,29,30)/p+1. The van der Waals surface area contributed by atoms with Crippen LogP contribution in [0, 0.1) is 0 Å². The minimum Gasteiger partial charge on any atom is -0.348 e. The van der Waals surface area contributed by atoms with E-state index >= 15 is 0 Å². The van der Waals surface area contributed by atoms with Crippen LogP contribution < -0.4 is 10.0 Å². The van der Waals surface area contributed by atoms with Crippen molar-refractivity contribution < 1.29 is 13.2 Å². The lowest BCUT2D eigenvalue weighted by Gasteiger charge is -2.12. The Hall–Kier alpha value is -2.43. The van der Waals surface area contributed by atoms with Crippen LogP contribution in [0.2, 0.25) is 15.1 Å². The first-order valence-electron chi connectivity index (χ1n) is 9.02. The molecule has 0 fully saturated rings. The predicted molar refractivity (Wildman–Crippen MR) is 128 cm³/mol. The maximum absolute atomic E-state index is 13.2. The molecule has 0 radical (unpaired) electrons. The summed E-state index contributed by atoms with van der Waals surface area (Å²) >= 11 is 19.3. The highest BCUT2D eigenvalue weighted by atomic mass is 35.5. The summed E-state index contributed by atoms with van der Waals surface area (Å²) in [6.45, 7) is 0.0672. The quantitative estimate of drug-likeness (QED) is 0.321. The molecule has 1 amide bonds. The Morgan fingerprint density at radius 2 is 1.75 bits per heavy atom. The fourth-order valence-electron chi connectivity index (χ4n) is 2.97. The molecule has 32 heavy (non-hydrogen) atoms. The van der Waals surface area contributed by atoms with Crippen LogP contribution in [0.25, 0.3) is 11.0 Å². The van der Waals surface area contributed by atoms with E-state index in [0.717, 1.165) is 11.7 Å². The molecule has 1 aromatic heterocycles. The number of fused-ring (bicyclic) bond motifs is 1. The maximum atomic E-state index is 13.2. The monoisotopic (exact) mass is 527 g/mol. The number of rotatable bonds is 6. The molecule has 0 aliphatic heterocycles. The number of benzene rings is 3. The Balaban J connectivity index is 1.64. The number of anilines is 1. The zero-order chi connectivity index (χ0) is 22.9. The molecule has 1 atom stereocenters. The third kappa shape index (κ3) is 4.67. The van der Waals surface area contributed by atoms with Gasteiger partial charge in [0.25, 0.3) is 5.91 Å². The highest BCUT2D eigenvalue weighted by Crippen LogP contribution is 2.28. The van der Waals surface area contributed by atoms with E-state index in [2.05, 4.69) is 18.8 Å². The average molecular weight is 529 g/mol. The Kier molecular flexibility index (Phi) is 6.55. The summed E-state index contributed by atoms with van der Waals surface area (Å²) in [4.78, 5) is 12.9. The molecule has 7 nitrogen and oxygen atoms in total. The van der Waals surface area contributed by atoms with Gasteiger partial charge in [0.05, 0.1) is 23.0 Å². The minimum atomic E-state index is -3.84. The van der Waals surface area contributed by atoms with Gasteiger partial charge in [-0.15, -0.1) is 0 Å². The van der Waals surface area contributed by atoms with Crippen molar-refractivity contribution in [3.8, 4) is 0 Å². The number of nitrogens with zero attached hydrogens (tertiary/aromatic N) is 2. The summed E-state index contributed by atoms with van der Waals surface area (Å²) in [6, 6.07) is 14.2. The average Bonchev–Trinajstić information content (AvgIpc) is 3.22. The summed E-state index contributed by atoms with van der Waals surface area (Å²) in [6.07, 6.45) is 0. The predicted octanol–water partition coefficient (Wildman–Crippen LogP) is 5.54. The molecule has 4 rings (SSSR count). The van der Waals surface area contributed by atoms with Crippen LogP contribution >= 0.6 is 46.5 Å². The number of nitrogens with one attached hydrogen (secondary N) is 2. The molecule has 0 spiro atoms. The van der Waals surface area contributed by atoms with Crippen LogP contribution in [0.15, 0.2) is 59.5 Å². The van der Waals surface area contributed by atoms with Gasteiger partial charge >= 0.3 is 10.0 Å². The first kappa shape index (κ1) is 22.8. The van der Waals surface area contributed by atoms with Gasteiger partial charge in [0.15, 0.2) is 4.90 Å². The van der Waals surface area contributed by atoms with E-state index < -0.39 is 15.9 Å². The van der Waals surface area contributed by atoms with Crippen LogP contribution in [-0.4, -0.2) is 23.1 Å². The minimum absolute atomic E-state index is 0.0536. The van der Waals surface area contributed by atoms with Gasteiger partial charge in [-0.25, -0.2) is 8.93 Å². The van der Waals surface area contributed by atoms with Crippen LogP contribution in [0.3, 0.4) is 0 Å². The second-order valence-electron chi connectivity index (χ2n) is 6.59. The topological polar surface area (TPSA) is 105 Å². The van der Waals surface area contributed by atoms with Crippen molar-refractivity contribution in [1.82, 2.24) is 14.1 Å². The fourth-order valence-corrected chi connectivity index (χ4v) is 5.54. The number of halogens is 3. The highest BCUT2D eigenvalue weighted by molar-refractivity contribution is 7.93. The molecule has 3 aromatic carbocycles. The second-order valence-corrected chi connectivity index (χ2v) is 10.1. The molecule has 0 aliphatic carbocycles. The number of carbonyl (C=O) groups excluding carboxylic acids is 1. The van der Waals surface area contributed by atoms with Gasteiger partial charge in [0, 0.05) is 27.2 Å². The zero-order valence-electron chi connectivity index (χ0n) is 16.0. The number of amides is 1. The van der Waals surface area contributed by atoms with Crippen molar-refractivity contribution in [1.29, 1.82) is 0 Å². The van der Waals surface area contributed by atoms with Gasteiger partial charge in [0.2, 0.25) is 0 Å². The lowest BCUT2D eigenvalue weighted by atomic mass is 10.1. The van der Waals surface area contributed by atoms with Crippen LogP contribution in [0.4, 0.5) is 5.69 Å². The molecule has 4 aromatic rings. The Bertz CT molecular complexity index is 1420. The lowest BCUT2D eigenvalue weighted by molar-refractivity contribution is 0.0952. The first-order chi connectivity index (χ1) is 15.3. The molecular formula is C20H14Cl3N4O3S2+. The van der Waals surface area contributed by atoms with Gasteiger partial charge in [0.1, 0.15) is 11.0 Å². The third-order valence-electron chi connectivity index (χ3n) is 4.51. The van der Waals surface area contributed by atoms with Crippen LogP contribution in [0.1, 0.15) is 15.9 Å². The van der Waals surface area contributed by atoms with Crippen molar-refractivity contribution >= 4 is 79.2 Å². The van der Waals surface area contributed by atoms with Crippen molar-refractivity contribution in [3.63, 3.8) is 0 Å². The van der Waals surface area contributed by atoms with Gasteiger partial charge < -0.3 is 5.32 Å². The second kappa shape index (κ2) is 9.21. The zero-order valence-corrected chi connectivity index (χ0v) is 19.9. The van der Waals surface area contributed by atoms with E-state index in [4.69, 9.17) is 34.8 Å². The maximum Gasteiger partial charge on any atom is 0.398 e. The summed E-state index contributed by atoms with van der Waals surface area (Å²) in [7, 11) is -3.84. The van der Waals surface area contributed by atoms with E-state index in [1.165, 1.54) is 24.3 Å². The van der Waals surface area contributed by atoms with Crippen molar-refractivity contribution in [2.24, 2.45) is 0 Å². The summed E-state index contributed by atoms with van der Waals surface area (Å²) in [5.74, 6) is -0.510. The number of hydrogen-bond donors (Lipinski definition) is 2. The SMILES string of the molecule is O=C(NCc1c(Cl)cccc1Cl)c1ccc(Cl)cc1NS(=O)(=[OH+])c1cccc2nsnc12. The molecule has 0 saturated heterocycles. The summed E-state index contributed by atoms with van der Waals surface area (Å²) in [5, 5.41) is 3.83. The molecule has 0 aliphatic rings. The molecular weight excluding hydrogens is 515 g/mol. The Morgan fingerprint density at radius 1 is 1.03 bits per heavy atom. The number of hydrogen-bond acceptors (Lipinski definition) is 5. The van der Waals surface area contributed by atoms with E-state index in [0.29, 0.717) is 26.6 Å². The van der Waals surface area contributed by atoms with E-state index in [-0.39, 0.29) is 27.7 Å². The molecule has 1 unspecified atom stereocenters. The molecule has 0 bridgehead atoms. The lowest BCUT2D eigenvalue weighted by Crippen LogP contribution is -2.25. The van der Waals surface area contributed by atoms with Gasteiger partial charge in [-0.2, -0.15) is 13.0 Å². The Morgan fingerprint density at radius 3 is 2.50 bits per heavy atom. The van der Waals surface area contributed by atoms with Crippen LogP contribution in [-0.2, 0) is 16.6 Å². The van der Waals surface area contributed by atoms with E-state index in [9.17, 15) is 13.2 Å². The van der Waals surface area contributed by atoms with Gasteiger partial charge in [-0.05, 0) is 42.5 Å².